The Morgan fingerprint density at radius 3 is 2.76 bits per heavy atom. The van der Waals surface area contributed by atoms with Gasteiger partial charge in [0.05, 0.1) is 23.6 Å². The maximum absolute atomic E-state index is 11.6. The van der Waals surface area contributed by atoms with Gasteiger partial charge in [0.15, 0.2) is 11.6 Å². The fourth-order valence-electron chi connectivity index (χ4n) is 2.68. The Bertz CT molecular complexity index is 1060. The van der Waals surface area contributed by atoms with E-state index in [0.29, 0.717) is 11.4 Å². The van der Waals surface area contributed by atoms with Gasteiger partial charge in [0.25, 0.3) is 0 Å². The Kier molecular flexibility index (Phi) is 3.70. The molecule has 0 bridgehead atoms. The molecule has 122 valence electrons. The van der Waals surface area contributed by atoms with Gasteiger partial charge in [-0.3, -0.25) is 4.79 Å². The molecule has 6 heteroatoms. The van der Waals surface area contributed by atoms with E-state index in [9.17, 15) is 4.79 Å². The van der Waals surface area contributed by atoms with E-state index in [0.717, 1.165) is 22.3 Å². The van der Waals surface area contributed by atoms with Crippen molar-refractivity contribution in [2.75, 3.05) is 5.32 Å². The van der Waals surface area contributed by atoms with Crippen LogP contribution in [0.3, 0.4) is 0 Å². The molecule has 4 aromatic rings. The number of nitrogens with one attached hydrogen (secondary N) is 1. The van der Waals surface area contributed by atoms with Crippen LogP contribution in [0.4, 0.5) is 11.4 Å². The third kappa shape index (κ3) is 2.97. The Hall–Kier alpha value is -3.54. The lowest BCUT2D eigenvalue weighted by Crippen LogP contribution is -2.02. The molecule has 0 atom stereocenters. The molecule has 0 spiro atoms. The molecule has 0 unspecified atom stereocenters. The third-order valence-electron chi connectivity index (χ3n) is 3.91. The zero-order valence-corrected chi connectivity index (χ0v) is 13.5. The van der Waals surface area contributed by atoms with E-state index >= 15 is 0 Å². The van der Waals surface area contributed by atoms with Gasteiger partial charge in [0.1, 0.15) is 0 Å². The number of para-hydroxylation sites is 1. The van der Waals surface area contributed by atoms with E-state index < -0.39 is 0 Å². The van der Waals surface area contributed by atoms with Crippen molar-refractivity contribution in [2.24, 2.45) is 0 Å². The normalized spacial score (nSPS) is 10.8. The van der Waals surface area contributed by atoms with Crippen molar-refractivity contribution >= 4 is 28.1 Å². The Labute approximate surface area is 144 Å². The first-order chi connectivity index (χ1) is 12.2. The predicted octanol–water partition coefficient (Wildman–Crippen LogP) is 3.76. The fraction of sp³-hybridized carbons (Fsp3) is 0.0526. The summed E-state index contributed by atoms with van der Waals surface area (Å²) in [4.78, 5) is 16.2. The van der Waals surface area contributed by atoms with Crippen LogP contribution in [-0.4, -0.2) is 25.8 Å². The minimum atomic E-state index is 0.0338. The maximum atomic E-state index is 11.6. The molecule has 0 fully saturated rings. The molecule has 2 aromatic heterocycles. The summed E-state index contributed by atoms with van der Waals surface area (Å²) in [5.74, 6) is 0.702. The number of hydrogen-bond donors (Lipinski definition) is 1. The molecule has 0 aliphatic rings. The summed E-state index contributed by atoms with van der Waals surface area (Å²) in [7, 11) is 0. The molecule has 2 heterocycles. The summed E-state index contributed by atoms with van der Waals surface area (Å²) in [5, 5.41) is 12.2. The number of benzene rings is 2. The van der Waals surface area contributed by atoms with E-state index in [4.69, 9.17) is 0 Å². The number of carbonyl (C=O) groups is 1. The van der Waals surface area contributed by atoms with Crippen LogP contribution in [0.5, 0.6) is 0 Å². The topological polar surface area (TPSA) is 72.7 Å². The number of hydrogen-bond acceptors (Lipinski definition) is 5. The van der Waals surface area contributed by atoms with Gasteiger partial charge in [0.2, 0.25) is 0 Å². The molecule has 0 aliphatic carbocycles. The van der Waals surface area contributed by atoms with E-state index in [1.54, 1.807) is 30.1 Å². The van der Waals surface area contributed by atoms with Crippen molar-refractivity contribution in [2.45, 2.75) is 6.92 Å². The summed E-state index contributed by atoms with van der Waals surface area (Å²) < 4.78 is 1.61. The van der Waals surface area contributed by atoms with E-state index in [-0.39, 0.29) is 5.78 Å². The van der Waals surface area contributed by atoms with E-state index in [1.807, 2.05) is 48.5 Å². The largest absolute Gasteiger partial charge is 0.355 e. The van der Waals surface area contributed by atoms with Crippen LogP contribution in [0.15, 0.2) is 67.0 Å². The van der Waals surface area contributed by atoms with Gasteiger partial charge in [-0.1, -0.05) is 35.5 Å². The summed E-state index contributed by atoms with van der Waals surface area (Å²) in [6.07, 6.45) is 3.36. The summed E-state index contributed by atoms with van der Waals surface area (Å²) in [6, 6.07) is 17.2. The molecule has 0 saturated heterocycles. The SMILES string of the molecule is CC(=O)c1cccc(Nc2cc(-n3ccnn3)nc3ccccc23)c1. The Balaban J connectivity index is 1.83. The highest BCUT2D eigenvalue weighted by atomic mass is 16.1. The lowest BCUT2D eigenvalue weighted by molar-refractivity contribution is 0.101. The van der Waals surface area contributed by atoms with Crippen LogP contribution in [0, 0.1) is 0 Å². The van der Waals surface area contributed by atoms with Gasteiger partial charge in [0, 0.05) is 22.7 Å². The van der Waals surface area contributed by atoms with Crippen molar-refractivity contribution in [3.8, 4) is 5.82 Å². The summed E-state index contributed by atoms with van der Waals surface area (Å²) >= 11 is 0. The highest BCUT2D eigenvalue weighted by Crippen LogP contribution is 2.28. The van der Waals surface area contributed by atoms with Crippen LogP contribution in [0.1, 0.15) is 17.3 Å². The van der Waals surface area contributed by atoms with Crippen LogP contribution >= 0.6 is 0 Å². The van der Waals surface area contributed by atoms with Crippen molar-refractivity contribution < 1.29 is 4.79 Å². The lowest BCUT2D eigenvalue weighted by atomic mass is 10.1. The minimum absolute atomic E-state index is 0.0338. The van der Waals surface area contributed by atoms with Gasteiger partial charge >= 0.3 is 0 Å². The van der Waals surface area contributed by atoms with E-state index in [1.165, 1.54) is 0 Å². The van der Waals surface area contributed by atoms with Crippen molar-refractivity contribution in [1.82, 2.24) is 20.0 Å². The minimum Gasteiger partial charge on any atom is -0.355 e. The molecule has 0 aliphatic heterocycles. The molecule has 0 amide bonds. The van der Waals surface area contributed by atoms with Crippen molar-refractivity contribution in [3.05, 3.63) is 72.6 Å². The molecule has 25 heavy (non-hydrogen) atoms. The number of rotatable bonds is 4. The first-order valence-electron chi connectivity index (χ1n) is 7.85. The van der Waals surface area contributed by atoms with Gasteiger partial charge in [-0.25, -0.2) is 9.67 Å². The Morgan fingerprint density at radius 2 is 1.96 bits per heavy atom. The quantitative estimate of drug-likeness (QED) is 0.577. The van der Waals surface area contributed by atoms with Gasteiger partial charge < -0.3 is 5.32 Å². The second kappa shape index (κ2) is 6.16. The lowest BCUT2D eigenvalue weighted by Gasteiger charge is -2.12. The van der Waals surface area contributed by atoms with Gasteiger partial charge in [-0.2, -0.15) is 0 Å². The summed E-state index contributed by atoms with van der Waals surface area (Å²) in [5.41, 5.74) is 3.24. The monoisotopic (exact) mass is 329 g/mol. The van der Waals surface area contributed by atoms with Crippen LogP contribution in [0.2, 0.25) is 0 Å². The summed E-state index contributed by atoms with van der Waals surface area (Å²) in [6.45, 7) is 1.56. The van der Waals surface area contributed by atoms with Crippen LogP contribution in [0.25, 0.3) is 16.7 Å². The molecule has 2 aromatic carbocycles. The highest BCUT2D eigenvalue weighted by Gasteiger charge is 2.09. The second-order valence-electron chi connectivity index (χ2n) is 5.65. The Morgan fingerprint density at radius 1 is 1.08 bits per heavy atom. The number of ketones is 1. The average Bonchev–Trinajstić information content (AvgIpc) is 3.16. The van der Waals surface area contributed by atoms with Crippen molar-refractivity contribution in [1.29, 1.82) is 0 Å². The first-order valence-corrected chi connectivity index (χ1v) is 7.85. The number of nitrogens with zero attached hydrogens (tertiary/aromatic N) is 4. The predicted molar refractivity (Wildman–Crippen MR) is 96.4 cm³/mol. The zero-order chi connectivity index (χ0) is 17.2. The maximum Gasteiger partial charge on any atom is 0.159 e. The van der Waals surface area contributed by atoms with E-state index in [2.05, 4.69) is 20.6 Å². The first kappa shape index (κ1) is 15.0. The second-order valence-corrected chi connectivity index (χ2v) is 5.65. The molecule has 4 rings (SSSR count). The third-order valence-corrected chi connectivity index (χ3v) is 3.91. The number of carbonyl (C=O) groups excluding carboxylic acids is 1. The smallest absolute Gasteiger partial charge is 0.159 e. The van der Waals surface area contributed by atoms with Crippen LogP contribution < -0.4 is 5.32 Å². The standard InChI is InChI=1S/C19H15N5O/c1-13(25)14-5-4-6-15(11-14)21-18-12-19(24-10-9-20-23-24)22-17-8-3-2-7-16(17)18/h2-12H,1H3,(H,21,22). The highest BCUT2D eigenvalue weighted by molar-refractivity contribution is 5.97. The number of Topliss-reactive ketones (excluding diaryl/α,β-unsaturated/α-hetero) is 1. The molecule has 1 N–H and O–H groups in total. The average molecular weight is 329 g/mol. The molecule has 0 saturated carbocycles. The fourth-order valence-corrected chi connectivity index (χ4v) is 2.68. The zero-order valence-electron chi connectivity index (χ0n) is 13.5. The van der Waals surface area contributed by atoms with Gasteiger partial charge in [-0.15, -0.1) is 5.10 Å². The molecular weight excluding hydrogens is 314 g/mol. The van der Waals surface area contributed by atoms with Crippen molar-refractivity contribution in [3.63, 3.8) is 0 Å². The van der Waals surface area contributed by atoms with Gasteiger partial charge in [-0.05, 0) is 25.1 Å². The van der Waals surface area contributed by atoms with Crippen LogP contribution in [-0.2, 0) is 0 Å². The number of fused-ring (bicyclic) bond motifs is 1. The molecule has 0 radical (unpaired) electrons. The molecular formula is C19H15N5O. The molecule has 6 nitrogen and oxygen atoms in total. The number of pyridine rings is 1. The number of anilines is 2. The number of aromatic nitrogens is 4.